The predicted molar refractivity (Wildman–Crippen MR) is 66.9 cm³/mol. The Balaban J connectivity index is 2.70. The summed E-state index contributed by atoms with van der Waals surface area (Å²) in [6.45, 7) is 5.96. The van der Waals surface area contributed by atoms with E-state index in [1.165, 1.54) is 12.1 Å². The Bertz CT molecular complexity index is 402. The molecule has 4 heteroatoms. The van der Waals surface area contributed by atoms with Crippen LogP contribution in [0.4, 0.5) is 5.69 Å². The topological polar surface area (TPSA) is 72.5 Å². The molecule has 17 heavy (non-hydrogen) atoms. The van der Waals surface area contributed by atoms with Gasteiger partial charge in [0.15, 0.2) is 0 Å². The standard InChI is InChI=1S/C13H19NO3/c1-8(2)6-9(3)17-13(16)11-5-4-10(14)7-12(11)15/h4-5,7-9,15H,6,14H2,1-3H3. The van der Waals surface area contributed by atoms with E-state index in [2.05, 4.69) is 13.8 Å². The summed E-state index contributed by atoms with van der Waals surface area (Å²) in [6.07, 6.45) is 0.626. The molecule has 0 saturated heterocycles. The molecule has 0 amide bonds. The number of benzene rings is 1. The molecule has 0 aliphatic carbocycles. The van der Waals surface area contributed by atoms with Gasteiger partial charge in [0.05, 0.1) is 6.10 Å². The molecule has 0 heterocycles. The normalized spacial score (nSPS) is 12.5. The summed E-state index contributed by atoms with van der Waals surface area (Å²) in [7, 11) is 0. The van der Waals surface area contributed by atoms with Gasteiger partial charge in [0, 0.05) is 11.8 Å². The van der Waals surface area contributed by atoms with Crippen LogP contribution in [0.5, 0.6) is 5.75 Å². The zero-order chi connectivity index (χ0) is 13.0. The summed E-state index contributed by atoms with van der Waals surface area (Å²) in [5.74, 6) is -0.208. The molecule has 3 N–H and O–H groups in total. The second-order valence-corrected chi connectivity index (χ2v) is 4.62. The van der Waals surface area contributed by atoms with Gasteiger partial charge in [-0.15, -0.1) is 0 Å². The number of carbonyl (C=O) groups excluding carboxylic acids is 1. The van der Waals surface area contributed by atoms with Gasteiger partial charge in [-0.25, -0.2) is 4.79 Å². The second kappa shape index (κ2) is 5.57. The maximum atomic E-state index is 11.7. The molecule has 1 rings (SSSR count). The predicted octanol–water partition coefficient (Wildman–Crippen LogP) is 2.57. The fraction of sp³-hybridized carbons (Fsp3) is 0.462. The van der Waals surface area contributed by atoms with Crippen molar-refractivity contribution in [3.8, 4) is 5.75 Å². The largest absolute Gasteiger partial charge is 0.507 e. The first-order valence-corrected chi connectivity index (χ1v) is 5.69. The lowest BCUT2D eigenvalue weighted by molar-refractivity contribution is 0.0296. The van der Waals surface area contributed by atoms with Crippen molar-refractivity contribution in [2.24, 2.45) is 5.92 Å². The minimum absolute atomic E-state index is 0.147. The highest BCUT2D eigenvalue weighted by molar-refractivity contribution is 5.93. The highest BCUT2D eigenvalue weighted by Gasteiger charge is 2.16. The first-order valence-electron chi connectivity index (χ1n) is 5.69. The van der Waals surface area contributed by atoms with Gasteiger partial charge in [-0.05, 0) is 31.4 Å². The molecule has 1 atom stereocenters. The monoisotopic (exact) mass is 237 g/mol. The number of nitrogen functional groups attached to an aromatic ring is 1. The molecule has 0 saturated carbocycles. The van der Waals surface area contributed by atoms with Gasteiger partial charge in [0.1, 0.15) is 11.3 Å². The van der Waals surface area contributed by atoms with Crippen molar-refractivity contribution in [2.75, 3.05) is 5.73 Å². The van der Waals surface area contributed by atoms with Crippen LogP contribution >= 0.6 is 0 Å². The number of carbonyl (C=O) groups is 1. The van der Waals surface area contributed by atoms with Gasteiger partial charge < -0.3 is 15.6 Å². The van der Waals surface area contributed by atoms with Gasteiger partial charge in [-0.1, -0.05) is 13.8 Å². The summed E-state index contributed by atoms with van der Waals surface area (Å²) in [5, 5.41) is 9.58. The number of rotatable bonds is 4. The van der Waals surface area contributed by atoms with Crippen LogP contribution in [0.2, 0.25) is 0 Å². The minimum atomic E-state index is -0.518. The van der Waals surface area contributed by atoms with E-state index in [-0.39, 0.29) is 17.4 Å². The van der Waals surface area contributed by atoms with E-state index >= 15 is 0 Å². The van der Waals surface area contributed by atoms with Gasteiger partial charge in [-0.3, -0.25) is 0 Å². The van der Waals surface area contributed by atoms with Crippen molar-refractivity contribution in [1.82, 2.24) is 0 Å². The zero-order valence-electron chi connectivity index (χ0n) is 10.4. The summed E-state index contributed by atoms with van der Waals surface area (Å²) >= 11 is 0. The average molecular weight is 237 g/mol. The molecule has 1 unspecified atom stereocenters. The first kappa shape index (κ1) is 13.4. The number of nitrogens with two attached hydrogens (primary N) is 1. The summed E-state index contributed by atoms with van der Waals surface area (Å²) in [5.41, 5.74) is 6.04. The van der Waals surface area contributed by atoms with E-state index in [9.17, 15) is 9.90 Å². The van der Waals surface area contributed by atoms with Crippen LogP contribution in [-0.2, 0) is 4.74 Å². The summed E-state index contributed by atoms with van der Waals surface area (Å²) < 4.78 is 5.23. The molecular weight excluding hydrogens is 218 g/mol. The highest BCUT2D eigenvalue weighted by atomic mass is 16.5. The molecule has 94 valence electrons. The molecule has 0 spiro atoms. The second-order valence-electron chi connectivity index (χ2n) is 4.62. The van der Waals surface area contributed by atoms with Gasteiger partial charge in [-0.2, -0.15) is 0 Å². The van der Waals surface area contributed by atoms with Crippen LogP contribution in [0.1, 0.15) is 37.6 Å². The highest BCUT2D eigenvalue weighted by Crippen LogP contribution is 2.22. The molecule has 0 aliphatic rings. The average Bonchev–Trinajstić information content (AvgIpc) is 2.15. The van der Waals surface area contributed by atoms with Crippen molar-refractivity contribution in [3.63, 3.8) is 0 Å². The quantitative estimate of drug-likeness (QED) is 0.623. The molecule has 0 bridgehead atoms. The van der Waals surface area contributed by atoms with E-state index in [0.717, 1.165) is 6.42 Å². The van der Waals surface area contributed by atoms with Crippen molar-refractivity contribution in [3.05, 3.63) is 23.8 Å². The number of hydrogen-bond donors (Lipinski definition) is 2. The van der Waals surface area contributed by atoms with Gasteiger partial charge in [0.25, 0.3) is 0 Å². The number of ether oxygens (including phenoxy) is 1. The molecular formula is C13H19NO3. The van der Waals surface area contributed by atoms with Crippen LogP contribution in [-0.4, -0.2) is 17.2 Å². The van der Waals surface area contributed by atoms with E-state index in [1.807, 2.05) is 6.92 Å². The number of esters is 1. The van der Waals surface area contributed by atoms with E-state index < -0.39 is 5.97 Å². The maximum absolute atomic E-state index is 11.7. The lowest BCUT2D eigenvalue weighted by Gasteiger charge is -2.15. The first-order chi connectivity index (χ1) is 7.90. The fourth-order valence-corrected chi connectivity index (χ4v) is 1.68. The zero-order valence-corrected chi connectivity index (χ0v) is 10.4. The molecule has 0 aliphatic heterocycles. The third-order valence-electron chi connectivity index (χ3n) is 2.35. The number of phenols is 1. The van der Waals surface area contributed by atoms with Crippen LogP contribution < -0.4 is 5.73 Å². The van der Waals surface area contributed by atoms with Crippen LogP contribution in [0, 0.1) is 5.92 Å². The Morgan fingerprint density at radius 1 is 1.41 bits per heavy atom. The smallest absolute Gasteiger partial charge is 0.342 e. The third kappa shape index (κ3) is 3.98. The van der Waals surface area contributed by atoms with Crippen molar-refractivity contribution in [2.45, 2.75) is 33.3 Å². The Morgan fingerprint density at radius 2 is 2.06 bits per heavy atom. The number of aromatic hydroxyl groups is 1. The molecule has 0 radical (unpaired) electrons. The number of phenolic OH excluding ortho intramolecular Hbond substituents is 1. The molecule has 1 aromatic carbocycles. The number of anilines is 1. The van der Waals surface area contributed by atoms with Crippen molar-refractivity contribution in [1.29, 1.82) is 0 Å². The molecule has 1 aromatic rings. The van der Waals surface area contributed by atoms with Gasteiger partial charge in [0.2, 0.25) is 0 Å². The van der Waals surface area contributed by atoms with Gasteiger partial charge >= 0.3 is 5.97 Å². The van der Waals surface area contributed by atoms with Crippen LogP contribution in [0.15, 0.2) is 18.2 Å². The van der Waals surface area contributed by atoms with E-state index in [4.69, 9.17) is 10.5 Å². The van der Waals surface area contributed by atoms with Crippen molar-refractivity contribution < 1.29 is 14.6 Å². The Morgan fingerprint density at radius 3 is 2.59 bits per heavy atom. The summed E-state index contributed by atoms with van der Waals surface area (Å²) in [4.78, 5) is 11.7. The van der Waals surface area contributed by atoms with E-state index in [0.29, 0.717) is 11.6 Å². The SMILES string of the molecule is CC(C)CC(C)OC(=O)c1ccc(N)cc1O. The van der Waals surface area contributed by atoms with Crippen LogP contribution in [0.25, 0.3) is 0 Å². The third-order valence-corrected chi connectivity index (χ3v) is 2.35. The fourth-order valence-electron chi connectivity index (χ4n) is 1.68. The lowest BCUT2D eigenvalue weighted by Crippen LogP contribution is -2.17. The van der Waals surface area contributed by atoms with Crippen LogP contribution in [0.3, 0.4) is 0 Å². The van der Waals surface area contributed by atoms with E-state index in [1.54, 1.807) is 6.07 Å². The molecule has 4 nitrogen and oxygen atoms in total. The molecule has 0 aromatic heterocycles. The minimum Gasteiger partial charge on any atom is -0.507 e. The Hall–Kier alpha value is -1.71. The molecule has 0 fully saturated rings. The van der Waals surface area contributed by atoms with Crippen molar-refractivity contribution >= 4 is 11.7 Å². The maximum Gasteiger partial charge on any atom is 0.342 e. The number of hydrogen-bond acceptors (Lipinski definition) is 4. The Kier molecular flexibility index (Phi) is 4.37. The Labute approximate surface area is 101 Å². The lowest BCUT2D eigenvalue weighted by atomic mass is 10.1. The summed E-state index contributed by atoms with van der Waals surface area (Å²) in [6, 6.07) is 4.36.